The molecule has 0 saturated heterocycles. The summed E-state index contributed by atoms with van der Waals surface area (Å²) in [5.41, 5.74) is 2.51. The normalized spacial score (nSPS) is 22.9. The number of rotatable bonds is 5. The smallest absolute Gasteiger partial charge is 0.306 e. The molecule has 28 heavy (non-hydrogen) atoms. The van der Waals surface area contributed by atoms with E-state index in [0.29, 0.717) is 37.3 Å². The van der Waals surface area contributed by atoms with Crippen LogP contribution >= 0.6 is 0 Å². The molecule has 1 heterocycles. The van der Waals surface area contributed by atoms with Crippen molar-refractivity contribution in [2.45, 2.75) is 63.5 Å². The summed E-state index contributed by atoms with van der Waals surface area (Å²) >= 11 is 0. The first-order valence-corrected chi connectivity index (χ1v) is 10.3. The number of nitrogens with zero attached hydrogens (tertiary/aromatic N) is 2. The maximum Gasteiger partial charge on any atom is 0.306 e. The average Bonchev–Trinajstić information content (AvgIpc) is 3.38. The summed E-state index contributed by atoms with van der Waals surface area (Å²) < 4.78 is 2.04. The Balaban J connectivity index is 1.55. The topological polar surface area (TPSA) is 84.2 Å². The molecule has 2 saturated carbocycles. The lowest BCUT2D eigenvalue weighted by molar-refractivity contribution is -0.142. The van der Waals surface area contributed by atoms with Gasteiger partial charge in [0.15, 0.2) is 0 Å². The van der Waals surface area contributed by atoms with Crippen LogP contribution in [0.5, 0.6) is 0 Å². The van der Waals surface area contributed by atoms with E-state index in [1.807, 2.05) is 35.0 Å². The fraction of sp³-hybridized carbons (Fsp3) is 0.500. The average molecular weight is 381 g/mol. The van der Waals surface area contributed by atoms with Gasteiger partial charge < -0.3 is 10.4 Å². The second-order valence-corrected chi connectivity index (χ2v) is 8.02. The van der Waals surface area contributed by atoms with Crippen LogP contribution in [0.25, 0.3) is 11.3 Å². The highest BCUT2D eigenvalue weighted by molar-refractivity contribution is 6.00. The molecule has 0 bridgehead atoms. The summed E-state index contributed by atoms with van der Waals surface area (Å²) in [6.45, 7) is 0. The number of aromatic nitrogens is 2. The van der Waals surface area contributed by atoms with Gasteiger partial charge in [-0.05, 0) is 38.5 Å². The van der Waals surface area contributed by atoms with Gasteiger partial charge in [-0.1, -0.05) is 43.2 Å². The van der Waals surface area contributed by atoms with Crippen LogP contribution in [-0.2, 0) is 4.79 Å². The number of hydrogen-bond donors (Lipinski definition) is 2. The predicted molar refractivity (Wildman–Crippen MR) is 106 cm³/mol. The SMILES string of the molecule is O=C(NC1CCC(C(=O)O)CC1)c1cnn(C2CCCC2)c1-c1ccccc1. The summed E-state index contributed by atoms with van der Waals surface area (Å²) in [6.07, 6.45) is 8.95. The van der Waals surface area contributed by atoms with Gasteiger partial charge in [-0.2, -0.15) is 5.10 Å². The van der Waals surface area contributed by atoms with Gasteiger partial charge in [0.2, 0.25) is 0 Å². The fourth-order valence-corrected chi connectivity index (χ4v) is 4.59. The first-order chi connectivity index (χ1) is 13.6. The molecule has 2 aliphatic carbocycles. The molecule has 2 aliphatic rings. The fourth-order valence-electron chi connectivity index (χ4n) is 4.59. The van der Waals surface area contributed by atoms with E-state index in [1.54, 1.807) is 6.20 Å². The van der Waals surface area contributed by atoms with E-state index < -0.39 is 5.97 Å². The van der Waals surface area contributed by atoms with Crippen LogP contribution in [0.4, 0.5) is 0 Å². The van der Waals surface area contributed by atoms with Crippen LogP contribution in [0.15, 0.2) is 36.5 Å². The van der Waals surface area contributed by atoms with E-state index in [9.17, 15) is 9.59 Å². The molecule has 0 spiro atoms. The predicted octanol–water partition coefficient (Wildman–Crippen LogP) is 4.04. The van der Waals surface area contributed by atoms with Gasteiger partial charge in [-0.3, -0.25) is 14.3 Å². The number of nitrogens with one attached hydrogen (secondary N) is 1. The van der Waals surface area contributed by atoms with E-state index in [-0.39, 0.29) is 17.9 Å². The number of amides is 1. The highest BCUT2D eigenvalue weighted by atomic mass is 16.4. The largest absolute Gasteiger partial charge is 0.481 e. The zero-order valence-electron chi connectivity index (χ0n) is 16.0. The number of aliphatic carboxylic acids is 1. The lowest BCUT2D eigenvalue weighted by Gasteiger charge is -2.26. The molecule has 0 aliphatic heterocycles. The lowest BCUT2D eigenvalue weighted by atomic mass is 9.86. The van der Waals surface area contributed by atoms with Gasteiger partial charge in [-0.15, -0.1) is 0 Å². The van der Waals surface area contributed by atoms with Crippen molar-refractivity contribution in [3.63, 3.8) is 0 Å². The first-order valence-electron chi connectivity index (χ1n) is 10.3. The summed E-state index contributed by atoms with van der Waals surface area (Å²) in [4.78, 5) is 24.2. The number of carbonyl (C=O) groups is 2. The van der Waals surface area contributed by atoms with Crippen molar-refractivity contribution >= 4 is 11.9 Å². The third kappa shape index (κ3) is 3.81. The molecular weight excluding hydrogens is 354 g/mol. The first kappa shape index (κ1) is 18.7. The highest BCUT2D eigenvalue weighted by Gasteiger charge is 2.29. The Labute approximate surface area is 164 Å². The Kier molecular flexibility index (Phi) is 5.46. The Morgan fingerprint density at radius 3 is 2.32 bits per heavy atom. The second kappa shape index (κ2) is 8.17. The van der Waals surface area contributed by atoms with Crippen LogP contribution in [-0.4, -0.2) is 32.8 Å². The van der Waals surface area contributed by atoms with Crippen LogP contribution < -0.4 is 5.32 Å². The zero-order chi connectivity index (χ0) is 19.5. The molecule has 0 atom stereocenters. The zero-order valence-corrected chi connectivity index (χ0v) is 16.0. The molecule has 1 aromatic heterocycles. The highest BCUT2D eigenvalue weighted by Crippen LogP contribution is 2.35. The van der Waals surface area contributed by atoms with E-state index >= 15 is 0 Å². The monoisotopic (exact) mass is 381 g/mol. The van der Waals surface area contributed by atoms with Gasteiger partial charge in [-0.25, -0.2) is 0 Å². The third-order valence-electron chi connectivity index (χ3n) is 6.17. The van der Waals surface area contributed by atoms with Crippen molar-refractivity contribution in [3.8, 4) is 11.3 Å². The number of carbonyl (C=O) groups excluding carboxylic acids is 1. The quantitative estimate of drug-likeness (QED) is 0.819. The molecule has 4 rings (SSSR count). The molecule has 2 N–H and O–H groups in total. The van der Waals surface area contributed by atoms with Crippen molar-refractivity contribution in [2.75, 3.05) is 0 Å². The number of hydrogen-bond acceptors (Lipinski definition) is 3. The van der Waals surface area contributed by atoms with Crippen molar-refractivity contribution in [1.82, 2.24) is 15.1 Å². The third-order valence-corrected chi connectivity index (χ3v) is 6.17. The van der Waals surface area contributed by atoms with Gasteiger partial charge in [0.25, 0.3) is 5.91 Å². The van der Waals surface area contributed by atoms with Crippen LogP contribution in [0.1, 0.15) is 67.8 Å². The molecule has 1 amide bonds. The summed E-state index contributed by atoms with van der Waals surface area (Å²) in [5.74, 6) is -1.12. The maximum absolute atomic E-state index is 13.1. The van der Waals surface area contributed by atoms with Gasteiger partial charge in [0.1, 0.15) is 0 Å². The van der Waals surface area contributed by atoms with E-state index in [1.165, 1.54) is 12.8 Å². The number of carboxylic acid groups (broad SMARTS) is 1. The molecule has 148 valence electrons. The molecule has 0 radical (unpaired) electrons. The van der Waals surface area contributed by atoms with E-state index in [2.05, 4.69) is 10.4 Å². The van der Waals surface area contributed by atoms with Crippen LogP contribution in [0, 0.1) is 5.92 Å². The maximum atomic E-state index is 13.1. The Morgan fingerprint density at radius 1 is 1.00 bits per heavy atom. The molecule has 6 heteroatoms. The van der Waals surface area contributed by atoms with E-state index in [4.69, 9.17) is 5.11 Å². The van der Waals surface area contributed by atoms with Gasteiger partial charge >= 0.3 is 5.97 Å². The number of carboxylic acids is 1. The summed E-state index contributed by atoms with van der Waals surface area (Å²) in [6, 6.07) is 10.4. The number of benzene rings is 1. The molecule has 1 aromatic carbocycles. The minimum atomic E-state index is -0.728. The summed E-state index contributed by atoms with van der Waals surface area (Å²) in [5, 5.41) is 16.9. The molecular formula is C22H27N3O3. The van der Waals surface area contributed by atoms with Crippen molar-refractivity contribution in [1.29, 1.82) is 0 Å². The minimum absolute atomic E-state index is 0.0292. The van der Waals surface area contributed by atoms with Gasteiger partial charge in [0.05, 0.1) is 29.4 Å². The molecule has 2 fully saturated rings. The lowest BCUT2D eigenvalue weighted by Crippen LogP contribution is -2.38. The molecule has 2 aromatic rings. The van der Waals surface area contributed by atoms with Crippen molar-refractivity contribution < 1.29 is 14.7 Å². The molecule has 6 nitrogen and oxygen atoms in total. The molecule has 0 unspecified atom stereocenters. The van der Waals surface area contributed by atoms with Crippen LogP contribution in [0.2, 0.25) is 0 Å². The van der Waals surface area contributed by atoms with Gasteiger partial charge in [0, 0.05) is 11.6 Å². The summed E-state index contributed by atoms with van der Waals surface area (Å²) in [7, 11) is 0. The van der Waals surface area contributed by atoms with E-state index in [0.717, 1.165) is 24.1 Å². The van der Waals surface area contributed by atoms with Crippen molar-refractivity contribution in [2.24, 2.45) is 5.92 Å². The second-order valence-electron chi connectivity index (χ2n) is 8.02. The standard InChI is InChI=1S/C22H27N3O3/c26-21(24-17-12-10-16(11-13-17)22(27)28)19-14-23-25(18-8-4-5-9-18)20(19)15-6-2-1-3-7-15/h1-3,6-7,14,16-18H,4-5,8-13H2,(H,24,26)(H,27,28). The minimum Gasteiger partial charge on any atom is -0.481 e. The Morgan fingerprint density at radius 2 is 1.68 bits per heavy atom. The van der Waals surface area contributed by atoms with Crippen LogP contribution in [0.3, 0.4) is 0 Å². The Hall–Kier alpha value is -2.63. The Bertz CT molecular complexity index is 832. The van der Waals surface area contributed by atoms with Crippen molar-refractivity contribution in [3.05, 3.63) is 42.1 Å².